The van der Waals surface area contributed by atoms with Crippen molar-refractivity contribution in [2.24, 2.45) is 5.73 Å². The van der Waals surface area contributed by atoms with Crippen LogP contribution in [0.5, 0.6) is 0 Å². The maximum atomic E-state index is 10.9. The van der Waals surface area contributed by atoms with Gasteiger partial charge < -0.3 is 15.8 Å². The van der Waals surface area contributed by atoms with Crippen LogP contribution in [0.1, 0.15) is 18.3 Å². The van der Waals surface area contributed by atoms with Crippen molar-refractivity contribution in [3.05, 3.63) is 29.6 Å². The fourth-order valence-corrected chi connectivity index (χ4v) is 1.79. The summed E-state index contributed by atoms with van der Waals surface area (Å²) in [4.78, 5) is 18.3. The average Bonchev–Trinajstić information content (AvgIpc) is 2.56. The van der Waals surface area contributed by atoms with Gasteiger partial charge in [0.25, 0.3) is 0 Å². The zero-order valence-electron chi connectivity index (χ0n) is 9.82. The Morgan fingerprint density at radius 2 is 2.29 bits per heavy atom. The molecule has 0 fully saturated rings. The summed E-state index contributed by atoms with van der Waals surface area (Å²) in [5.74, 6) is -0.163. The molecule has 5 heteroatoms. The summed E-state index contributed by atoms with van der Waals surface area (Å²) in [6, 6.07) is 5.62. The molecule has 2 aromatic rings. The highest BCUT2D eigenvalue weighted by Crippen LogP contribution is 2.17. The topological polar surface area (TPSA) is 92.0 Å². The second kappa shape index (κ2) is 3.85. The van der Waals surface area contributed by atoms with Crippen molar-refractivity contribution in [1.82, 2.24) is 9.97 Å². The lowest BCUT2D eigenvalue weighted by atomic mass is 9.94. The van der Waals surface area contributed by atoms with E-state index in [0.29, 0.717) is 0 Å². The third-order valence-corrected chi connectivity index (χ3v) is 2.72. The molecule has 0 bridgehead atoms. The highest BCUT2D eigenvalue weighted by molar-refractivity contribution is 5.79. The SMILES string of the molecule is Cc1nc2ccc(C[C@](C)(N)C(=O)O)cc2[nH]1. The molecule has 1 atom stereocenters. The van der Waals surface area contributed by atoms with E-state index in [1.165, 1.54) is 6.92 Å². The fraction of sp³-hybridized carbons (Fsp3) is 0.333. The minimum absolute atomic E-state index is 0.288. The van der Waals surface area contributed by atoms with E-state index in [1.807, 2.05) is 25.1 Å². The van der Waals surface area contributed by atoms with Crippen LogP contribution in [0.4, 0.5) is 0 Å². The summed E-state index contributed by atoms with van der Waals surface area (Å²) in [5.41, 5.74) is 7.13. The van der Waals surface area contributed by atoms with E-state index in [0.717, 1.165) is 22.4 Å². The number of aromatic nitrogens is 2. The van der Waals surface area contributed by atoms with E-state index in [-0.39, 0.29) is 6.42 Å². The number of nitrogens with one attached hydrogen (secondary N) is 1. The van der Waals surface area contributed by atoms with Crippen molar-refractivity contribution >= 4 is 17.0 Å². The Kier molecular flexibility index (Phi) is 2.63. The highest BCUT2D eigenvalue weighted by atomic mass is 16.4. The van der Waals surface area contributed by atoms with Gasteiger partial charge in [0, 0.05) is 6.42 Å². The largest absolute Gasteiger partial charge is 0.480 e. The fourth-order valence-electron chi connectivity index (χ4n) is 1.79. The minimum atomic E-state index is -1.25. The quantitative estimate of drug-likeness (QED) is 0.743. The number of nitrogens with zero attached hydrogens (tertiary/aromatic N) is 1. The maximum Gasteiger partial charge on any atom is 0.323 e. The van der Waals surface area contributed by atoms with Gasteiger partial charge >= 0.3 is 5.97 Å². The van der Waals surface area contributed by atoms with E-state index in [9.17, 15) is 4.79 Å². The molecule has 0 aliphatic rings. The molecule has 0 saturated heterocycles. The number of benzene rings is 1. The molecule has 5 nitrogen and oxygen atoms in total. The molecule has 0 spiro atoms. The molecular weight excluding hydrogens is 218 g/mol. The maximum absolute atomic E-state index is 10.9. The lowest BCUT2D eigenvalue weighted by molar-refractivity contribution is -0.142. The van der Waals surface area contributed by atoms with Gasteiger partial charge in [-0.25, -0.2) is 4.98 Å². The van der Waals surface area contributed by atoms with Crippen LogP contribution in [0.2, 0.25) is 0 Å². The third kappa shape index (κ3) is 2.29. The lowest BCUT2D eigenvalue weighted by Crippen LogP contribution is -2.46. The zero-order valence-corrected chi connectivity index (χ0v) is 9.82. The summed E-state index contributed by atoms with van der Waals surface area (Å²) >= 11 is 0. The minimum Gasteiger partial charge on any atom is -0.480 e. The number of imidazole rings is 1. The van der Waals surface area contributed by atoms with Gasteiger partial charge in [-0.1, -0.05) is 6.07 Å². The van der Waals surface area contributed by atoms with Gasteiger partial charge in [0.05, 0.1) is 11.0 Å². The number of hydrogen-bond donors (Lipinski definition) is 3. The molecule has 0 radical (unpaired) electrons. The number of carbonyl (C=O) groups is 1. The van der Waals surface area contributed by atoms with Crippen LogP contribution in [-0.4, -0.2) is 26.6 Å². The van der Waals surface area contributed by atoms with E-state index < -0.39 is 11.5 Å². The van der Waals surface area contributed by atoms with Gasteiger partial charge in [-0.05, 0) is 31.5 Å². The van der Waals surface area contributed by atoms with Crippen molar-refractivity contribution in [1.29, 1.82) is 0 Å². The van der Waals surface area contributed by atoms with Gasteiger partial charge in [0.1, 0.15) is 11.4 Å². The predicted molar refractivity (Wildman–Crippen MR) is 64.8 cm³/mol. The molecule has 90 valence electrons. The number of H-pyrrole nitrogens is 1. The van der Waals surface area contributed by atoms with Crippen molar-refractivity contribution < 1.29 is 9.90 Å². The Morgan fingerprint density at radius 1 is 1.59 bits per heavy atom. The van der Waals surface area contributed by atoms with E-state index in [2.05, 4.69) is 9.97 Å². The molecule has 4 N–H and O–H groups in total. The molecule has 0 amide bonds. The van der Waals surface area contributed by atoms with Crippen LogP contribution in [0, 0.1) is 6.92 Å². The van der Waals surface area contributed by atoms with E-state index in [4.69, 9.17) is 10.8 Å². The van der Waals surface area contributed by atoms with E-state index in [1.54, 1.807) is 0 Å². The van der Waals surface area contributed by atoms with E-state index >= 15 is 0 Å². The average molecular weight is 233 g/mol. The monoisotopic (exact) mass is 233 g/mol. The Labute approximate surface area is 98.7 Å². The number of aryl methyl sites for hydroxylation is 1. The standard InChI is InChI=1S/C12H15N3O2/c1-7-14-9-4-3-8(5-10(9)15-7)6-12(2,13)11(16)17/h3-5H,6,13H2,1-2H3,(H,14,15)(H,16,17)/t12-/m0/s1. The smallest absolute Gasteiger partial charge is 0.323 e. The first-order chi connectivity index (χ1) is 7.88. The van der Waals surface area contributed by atoms with Crippen LogP contribution < -0.4 is 5.73 Å². The number of carboxylic acids is 1. The van der Waals surface area contributed by atoms with Gasteiger partial charge in [-0.2, -0.15) is 0 Å². The number of aliphatic carboxylic acids is 1. The summed E-state index contributed by atoms with van der Waals surface area (Å²) in [6.45, 7) is 3.39. The zero-order chi connectivity index (χ0) is 12.6. The molecule has 0 aliphatic carbocycles. The molecule has 0 aliphatic heterocycles. The third-order valence-electron chi connectivity index (χ3n) is 2.72. The molecule has 0 saturated carbocycles. The first kappa shape index (κ1) is 11.6. The van der Waals surface area contributed by atoms with Crippen molar-refractivity contribution in [2.45, 2.75) is 25.8 Å². The molecule has 1 aromatic carbocycles. The Bertz CT molecular complexity index is 572. The molecule has 1 aromatic heterocycles. The number of carboxylic acid groups (broad SMARTS) is 1. The molecule has 17 heavy (non-hydrogen) atoms. The first-order valence-corrected chi connectivity index (χ1v) is 5.36. The van der Waals surface area contributed by atoms with Crippen LogP contribution in [0.25, 0.3) is 11.0 Å². The van der Waals surface area contributed by atoms with Gasteiger partial charge in [-0.15, -0.1) is 0 Å². The Morgan fingerprint density at radius 3 is 2.94 bits per heavy atom. The molecular formula is C12H15N3O2. The number of nitrogens with two attached hydrogens (primary N) is 1. The molecule has 0 unspecified atom stereocenters. The van der Waals surface area contributed by atoms with Crippen LogP contribution in [-0.2, 0) is 11.2 Å². The Balaban J connectivity index is 2.34. The number of hydrogen-bond acceptors (Lipinski definition) is 3. The van der Waals surface area contributed by atoms with Crippen molar-refractivity contribution in [3.63, 3.8) is 0 Å². The lowest BCUT2D eigenvalue weighted by Gasteiger charge is -2.18. The summed E-state index contributed by atoms with van der Waals surface area (Å²) in [6.07, 6.45) is 0.288. The van der Waals surface area contributed by atoms with Crippen molar-refractivity contribution in [3.8, 4) is 0 Å². The van der Waals surface area contributed by atoms with Gasteiger partial charge in [-0.3, -0.25) is 4.79 Å². The predicted octanol–water partition coefficient (Wildman–Crippen LogP) is 1.22. The number of aromatic amines is 1. The van der Waals surface area contributed by atoms with Gasteiger partial charge in [0.2, 0.25) is 0 Å². The summed E-state index contributed by atoms with van der Waals surface area (Å²) in [5, 5.41) is 8.97. The normalized spacial score (nSPS) is 14.8. The summed E-state index contributed by atoms with van der Waals surface area (Å²) < 4.78 is 0. The number of fused-ring (bicyclic) bond motifs is 1. The van der Waals surface area contributed by atoms with Crippen LogP contribution in [0.3, 0.4) is 0 Å². The second-order valence-electron chi connectivity index (χ2n) is 4.57. The summed E-state index contributed by atoms with van der Waals surface area (Å²) in [7, 11) is 0. The van der Waals surface area contributed by atoms with Crippen LogP contribution in [0.15, 0.2) is 18.2 Å². The van der Waals surface area contributed by atoms with Crippen LogP contribution >= 0.6 is 0 Å². The number of rotatable bonds is 3. The first-order valence-electron chi connectivity index (χ1n) is 5.36. The molecule has 2 rings (SSSR count). The van der Waals surface area contributed by atoms with Crippen molar-refractivity contribution in [2.75, 3.05) is 0 Å². The Hall–Kier alpha value is -1.88. The van der Waals surface area contributed by atoms with Gasteiger partial charge in [0.15, 0.2) is 0 Å². The molecule has 1 heterocycles. The highest BCUT2D eigenvalue weighted by Gasteiger charge is 2.28. The second-order valence-corrected chi connectivity index (χ2v) is 4.57.